The summed E-state index contributed by atoms with van der Waals surface area (Å²) in [6.45, 7) is 4.37. The molecule has 1 rings (SSSR count). The van der Waals surface area contributed by atoms with Crippen LogP contribution in [0, 0.1) is 5.92 Å². The summed E-state index contributed by atoms with van der Waals surface area (Å²) >= 11 is 6.13. The van der Waals surface area contributed by atoms with Gasteiger partial charge in [0.1, 0.15) is 6.04 Å². The van der Waals surface area contributed by atoms with Crippen LogP contribution in [0.2, 0.25) is 5.02 Å². The fraction of sp³-hybridized carbons (Fsp3) is 0.533. The zero-order valence-electron chi connectivity index (χ0n) is 12.8. The number of halogens is 1. The molecule has 0 aliphatic carbocycles. The monoisotopic (exact) mass is 315 g/mol. The molecule has 0 saturated carbocycles. The molecule has 6 heteroatoms. The fourth-order valence-corrected chi connectivity index (χ4v) is 2.37. The van der Waals surface area contributed by atoms with Crippen LogP contribution in [0.15, 0.2) is 12.1 Å². The van der Waals surface area contributed by atoms with E-state index in [4.69, 9.17) is 21.1 Å². The van der Waals surface area contributed by atoms with Crippen LogP contribution >= 0.6 is 11.6 Å². The third-order valence-corrected chi connectivity index (χ3v) is 3.33. The quantitative estimate of drug-likeness (QED) is 0.772. The molecule has 1 atom stereocenters. The Labute approximate surface area is 130 Å². The van der Waals surface area contributed by atoms with Gasteiger partial charge in [-0.3, -0.25) is 4.79 Å². The number of rotatable bonds is 8. The number of carboxylic acid groups (broad SMARTS) is 1. The molecule has 0 aliphatic heterocycles. The first-order chi connectivity index (χ1) is 9.88. The van der Waals surface area contributed by atoms with Gasteiger partial charge in [0.15, 0.2) is 11.5 Å². The average molecular weight is 316 g/mol. The number of ether oxygens (including phenoxy) is 2. The smallest absolute Gasteiger partial charge is 0.320 e. The Balaban J connectivity index is 2.83. The molecule has 0 radical (unpaired) electrons. The lowest BCUT2D eigenvalue weighted by Gasteiger charge is -2.17. The second-order valence-corrected chi connectivity index (χ2v) is 5.62. The largest absolute Gasteiger partial charge is 0.493 e. The first-order valence-electron chi connectivity index (χ1n) is 6.75. The Morgan fingerprint density at radius 2 is 2.00 bits per heavy atom. The summed E-state index contributed by atoms with van der Waals surface area (Å²) < 4.78 is 10.4. The van der Waals surface area contributed by atoms with Gasteiger partial charge in [-0.05, 0) is 30.0 Å². The molecule has 5 nitrogen and oxygen atoms in total. The van der Waals surface area contributed by atoms with Gasteiger partial charge in [-0.1, -0.05) is 25.4 Å². The average Bonchev–Trinajstić information content (AvgIpc) is 2.41. The highest BCUT2D eigenvalue weighted by molar-refractivity contribution is 6.32. The van der Waals surface area contributed by atoms with Crippen molar-refractivity contribution in [2.75, 3.05) is 14.2 Å². The standard InChI is InChI=1S/C15H22ClNO4/c1-9(2)5-12(15(18)19)17-8-10-6-11(16)14(21-4)13(7-10)20-3/h6-7,9,12,17H,5,8H2,1-4H3,(H,18,19)/t12-/m1/s1. The molecule has 1 aromatic carbocycles. The molecule has 2 N–H and O–H groups in total. The molecule has 0 bridgehead atoms. The zero-order valence-corrected chi connectivity index (χ0v) is 13.5. The van der Waals surface area contributed by atoms with Crippen LogP contribution in [0.25, 0.3) is 0 Å². The van der Waals surface area contributed by atoms with Crippen LogP contribution in [0.1, 0.15) is 25.8 Å². The van der Waals surface area contributed by atoms with Crippen LogP contribution in [-0.4, -0.2) is 31.3 Å². The van der Waals surface area contributed by atoms with Crippen LogP contribution in [0.5, 0.6) is 11.5 Å². The summed E-state index contributed by atoms with van der Waals surface area (Å²) in [7, 11) is 3.05. The number of carbonyl (C=O) groups is 1. The number of hydrogen-bond acceptors (Lipinski definition) is 4. The normalized spacial score (nSPS) is 12.3. The second-order valence-electron chi connectivity index (χ2n) is 5.21. The van der Waals surface area contributed by atoms with Gasteiger partial charge in [0.25, 0.3) is 0 Å². The van der Waals surface area contributed by atoms with Crippen LogP contribution in [0.3, 0.4) is 0 Å². The fourth-order valence-electron chi connectivity index (χ4n) is 2.06. The van der Waals surface area contributed by atoms with Crippen LogP contribution < -0.4 is 14.8 Å². The number of aliphatic carboxylic acids is 1. The molecule has 1 aromatic rings. The lowest BCUT2D eigenvalue weighted by Crippen LogP contribution is -2.37. The Hall–Kier alpha value is -1.46. The highest BCUT2D eigenvalue weighted by atomic mass is 35.5. The van der Waals surface area contributed by atoms with Crippen molar-refractivity contribution in [3.63, 3.8) is 0 Å². The Morgan fingerprint density at radius 1 is 1.33 bits per heavy atom. The maximum atomic E-state index is 11.2. The minimum absolute atomic E-state index is 0.299. The van der Waals surface area contributed by atoms with Crippen molar-refractivity contribution in [2.45, 2.75) is 32.9 Å². The summed E-state index contributed by atoms with van der Waals surface area (Å²) in [5.74, 6) is 0.445. The first kappa shape index (κ1) is 17.6. The maximum absolute atomic E-state index is 11.2. The minimum Gasteiger partial charge on any atom is -0.493 e. The number of methoxy groups -OCH3 is 2. The van der Waals surface area contributed by atoms with Crippen molar-refractivity contribution in [1.82, 2.24) is 5.32 Å². The molecule has 0 amide bonds. The Kier molecular flexibility index (Phi) is 6.78. The molecule has 0 heterocycles. The van der Waals surface area contributed by atoms with E-state index in [0.29, 0.717) is 35.4 Å². The van der Waals surface area contributed by atoms with Gasteiger partial charge in [-0.2, -0.15) is 0 Å². The van der Waals surface area contributed by atoms with Crippen molar-refractivity contribution in [2.24, 2.45) is 5.92 Å². The highest BCUT2D eigenvalue weighted by Gasteiger charge is 2.19. The van der Waals surface area contributed by atoms with E-state index < -0.39 is 12.0 Å². The van der Waals surface area contributed by atoms with E-state index in [2.05, 4.69) is 5.32 Å². The third kappa shape index (κ3) is 5.10. The Morgan fingerprint density at radius 3 is 2.48 bits per heavy atom. The van der Waals surface area contributed by atoms with E-state index in [1.165, 1.54) is 14.2 Å². The predicted octanol–water partition coefficient (Wildman–Crippen LogP) is 2.95. The molecule has 0 unspecified atom stereocenters. The molecule has 0 spiro atoms. The van der Waals surface area contributed by atoms with E-state index in [-0.39, 0.29) is 0 Å². The van der Waals surface area contributed by atoms with Crippen molar-refractivity contribution in [1.29, 1.82) is 0 Å². The van der Waals surface area contributed by atoms with E-state index >= 15 is 0 Å². The molecule has 0 fully saturated rings. The SMILES string of the molecule is COc1cc(CN[C@H](CC(C)C)C(=O)O)cc(Cl)c1OC. The molecule has 21 heavy (non-hydrogen) atoms. The van der Waals surface area contributed by atoms with Crippen molar-refractivity contribution in [3.05, 3.63) is 22.7 Å². The Bertz CT molecular complexity index is 491. The van der Waals surface area contributed by atoms with E-state index in [1.807, 2.05) is 13.8 Å². The molecular weight excluding hydrogens is 294 g/mol. The van der Waals surface area contributed by atoms with Crippen LogP contribution in [0.4, 0.5) is 0 Å². The summed E-state index contributed by atoms with van der Waals surface area (Å²) in [6.07, 6.45) is 0.566. The lowest BCUT2D eigenvalue weighted by molar-refractivity contribution is -0.140. The molecule has 0 saturated heterocycles. The molecule has 0 aromatic heterocycles. The summed E-state index contributed by atoms with van der Waals surface area (Å²) in [5, 5.41) is 12.7. The highest BCUT2D eigenvalue weighted by Crippen LogP contribution is 2.35. The van der Waals surface area contributed by atoms with Gasteiger partial charge >= 0.3 is 5.97 Å². The van der Waals surface area contributed by atoms with Crippen molar-refractivity contribution < 1.29 is 19.4 Å². The van der Waals surface area contributed by atoms with Gasteiger partial charge in [0, 0.05) is 6.54 Å². The van der Waals surface area contributed by atoms with Gasteiger partial charge in [0.05, 0.1) is 19.2 Å². The molecule has 118 valence electrons. The molecule has 0 aliphatic rings. The summed E-state index contributed by atoms with van der Waals surface area (Å²) in [4.78, 5) is 11.2. The molecular formula is C15H22ClNO4. The number of carboxylic acids is 1. The van der Waals surface area contributed by atoms with Crippen LogP contribution in [-0.2, 0) is 11.3 Å². The van der Waals surface area contributed by atoms with E-state index in [0.717, 1.165) is 5.56 Å². The van der Waals surface area contributed by atoms with Gasteiger partial charge in [0.2, 0.25) is 0 Å². The first-order valence-corrected chi connectivity index (χ1v) is 7.13. The van der Waals surface area contributed by atoms with Gasteiger partial charge in [-0.25, -0.2) is 0 Å². The topological polar surface area (TPSA) is 67.8 Å². The van der Waals surface area contributed by atoms with Crippen molar-refractivity contribution >= 4 is 17.6 Å². The maximum Gasteiger partial charge on any atom is 0.320 e. The van der Waals surface area contributed by atoms with Gasteiger partial charge in [-0.15, -0.1) is 0 Å². The third-order valence-electron chi connectivity index (χ3n) is 3.05. The summed E-state index contributed by atoms with van der Waals surface area (Å²) in [5.41, 5.74) is 0.840. The van der Waals surface area contributed by atoms with E-state index in [1.54, 1.807) is 12.1 Å². The number of hydrogen-bond donors (Lipinski definition) is 2. The number of benzene rings is 1. The van der Waals surface area contributed by atoms with E-state index in [9.17, 15) is 9.90 Å². The lowest BCUT2D eigenvalue weighted by atomic mass is 10.0. The van der Waals surface area contributed by atoms with Gasteiger partial charge < -0.3 is 19.9 Å². The minimum atomic E-state index is -0.852. The zero-order chi connectivity index (χ0) is 16.0. The predicted molar refractivity (Wildman–Crippen MR) is 82.3 cm³/mol. The summed E-state index contributed by atoms with van der Waals surface area (Å²) in [6, 6.07) is 2.94. The van der Waals surface area contributed by atoms with Crippen molar-refractivity contribution in [3.8, 4) is 11.5 Å². The number of nitrogens with one attached hydrogen (secondary N) is 1. The second kappa shape index (κ2) is 8.10.